The molecule has 1 amide bonds. The molecule has 0 aliphatic rings. The quantitative estimate of drug-likeness (QED) is 0.623. The highest BCUT2D eigenvalue weighted by atomic mass is 16.1. The second-order valence-electron chi connectivity index (χ2n) is 4.72. The Labute approximate surface area is 115 Å². The number of nitrogen functional groups attached to an aromatic ring is 1. The molecule has 0 fully saturated rings. The van der Waals surface area contributed by atoms with E-state index < -0.39 is 0 Å². The first-order valence-electron chi connectivity index (χ1n) is 6.24. The lowest BCUT2D eigenvalue weighted by molar-refractivity contribution is 0.102. The molecule has 0 spiro atoms. The van der Waals surface area contributed by atoms with E-state index in [1.165, 1.54) is 0 Å². The number of carbonyl (C=O) groups excluding carboxylic acids is 1. The number of nitrogens with one attached hydrogen (secondary N) is 2. The number of fused-ring (bicyclic) bond motifs is 1. The van der Waals surface area contributed by atoms with Crippen LogP contribution in [0, 0.1) is 6.92 Å². The smallest absolute Gasteiger partial charge is 0.257 e. The van der Waals surface area contributed by atoms with Crippen molar-refractivity contribution in [1.29, 1.82) is 0 Å². The molecule has 100 valence electrons. The maximum absolute atomic E-state index is 12.2. The van der Waals surface area contributed by atoms with Crippen molar-refractivity contribution in [3.63, 3.8) is 0 Å². The van der Waals surface area contributed by atoms with Gasteiger partial charge in [0.1, 0.15) is 0 Å². The fourth-order valence-corrected chi connectivity index (χ4v) is 2.09. The molecule has 0 aliphatic carbocycles. The number of benzene rings is 2. The number of nitrogens with two attached hydrogens (primary N) is 1. The van der Waals surface area contributed by atoms with Gasteiger partial charge < -0.3 is 11.1 Å². The molecule has 1 heterocycles. The minimum Gasteiger partial charge on any atom is -0.398 e. The molecule has 3 aromatic rings. The van der Waals surface area contributed by atoms with Gasteiger partial charge in [0.2, 0.25) is 0 Å². The third-order valence-corrected chi connectivity index (χ3v) is 3.15. The number of rotatable bonds is 2. The van der Waals surface area contributed by atoms with Crippen LogP contribution < -0.4 is 11.1 Å². The van der Waals surface area contributed by atoms with Gasteiger partial charge in [-0.2, -0.15) is 5.10 Å². The van der Waals surface area contributed by atoms with Crippen LogP contribution in [-0.4, -0.2) is 16.1 Å². The van der Waals surface area contributed by atoms with E-state index in [9.17, 15) is 4.79 Å². The Bertz CT molecular complexity index is 791. The molecule has 20 heavy (non-hydrogen) atoms. The van der Waals surface area contributed by atoms with Crippen molar-refractivity contribution in [3.05, 3.63) is 53.7 Å². The average Bonchev–Trinajstić information content (AvgIpc) is 2.89. The Balaban J connectivity index is 1.89. The van der Waals surface area contributed by atoms with Crippen molar-refractivity contribution in [3.8, 4) is 0 Å². The summed E-state index contributed by atoms with van der Waals surface area (Å²) >= 11 is 0. The maximum Gasteiger partial charge on any atom is 0.257 e. The number of nitrogens with zero attached hydrogens (tertiary/aromatic N) is 1. The number of aryl methyl sites for hydroxylation is 1. The molecule has 0 aliphatic heterocycles. The van der Waals surface area contributed by atoms with Crippen molar-refractivity contribution in [2.24, 2.45) is 0 Å². The number of amides is 1. The maximum atomic E-state index is 12.2. The number of aromatic amines is 1. The molecule has 0 unspecified atom stereocenters. The van der Waals surface area contributed by atoms with E-state index in [-0.39, 0.29) is 5.91 Å². The van der Waals surface area contributed by atoms with Gasteiger partial charge in [-0.05, 0) is 37.3 Å². The lowest BCUT2D eigenvalue weighted by Gasteiger charge is -2.08. The van der Waals surface area contributed by atoms with E-state index in [0.717, 1.165) is 16.5 Å². The zero-order valence-corrected chi connectivity index (χ0v) is 11.0. The van der Waals surface area contributed by atoms with E-state index in [4.69, 9.17) is 5.73 Å². The molecular formula is C15H14N4O. The Morgan fingerprint density at radius 1 is 1.25 bits per heavy atom. The highest BCUT2D eigenvalue weighted by Gasteiger charge is 2.10. The zero-order valence-electron chi connectivity index (χ0n) is 11.0. The fraction of sp³-hybridized carbons (Fsp3) is 0.0667. The van der Waals surface area contributed by atoms with Crippen LogP contribution in [0.4, 0.5) is 11.4 Å². The Kier molecular flexibility index (Phi) is 2.87. The van der Waals surface area contributed by atoms with Crippen molar-refractivity contribution < 1.29 is 4.79 Å². The highest BCUT2D eigenvalue weighted by Crippen LogP contribution is 2.19. The summed E-state index contributed by atoms with van der Waals surface area (Å²) < 4.78 is 0. The van der Waals surface area contributed by atoms with Gasteiger partial charge in [-0.25, -0.2) is 0 Å². The lowest BCUT2D eigenvalue weighted by atomic mass is 10.1. The molecule has 0 atom stereocenters. The number of hydrogen-bond acceptors (Lipinski definition) is 3. The summed E-state index contributed by atoms with van der Waals surface area (Å²) in [6, 6.07) is 11.0. The van der Waals surface area contributed by atoms with Crippen LogP contribution in [0.2, 0.25) is 0 Å². The van der Waals surface area contributed by atoms with Crippen molar-refractivity contribution >= 4 is 28.2 Å². The fourth-order valence-electron chi connectivity index (χ4n) is 2.09. The summed E-state index contributed by atoms with van der Waals surface area (Å²) in [7, 11) is 0. The molecule has 1 aromatic heterocycles. The van der Waals surface area contributed by atoms with Crippen LogP contribution in [0.15, 0.2) is 42.6 Å². The lowest BCUT2D eigenvalue weighted by Crippen LogP contribution is -2.14. The number of hydrogen-bond donors (Lipinski definition) is 3. The first-order valence-corrected chi connectivity index (χ1v) is 6.24. The first-order chi connectivity index (χ1) is 9.63. The summed E-state index contributed by atoms with van der Waals surface area (Å²) in [6.07, 6.45) is 1.71. The molecule has 5 nitrogen and oxygen atoms in total. The van der Waals surface area contributed by atoms with Crippen molar-refractivity contribution in [2.75, 3.05) is 11.1 Å². The van der Waals surface area contributed by atoms with Gasteiger partial charge in [-0.15, -0.1) is 0 Å². The van der Waals surface area contributed by atoms with Gasteiger partial charge >= 0.3 is 0 Å². The van der Waals surface area contributed by atoms with Crippen LogP contribution in [-0.2, 0) is 0 Å². The second-order valence-corrected chi connectivity index (χ2v) is 4.72. The molecule has 5 heteroatoms. The predicted molar refractivity (Wildman–Crippen MR) is 79.6 cm³/mol. The topological polar surface area (TPSA) is 83.8 Å². The largest absolute Gasteiger partial charge is 0.398 e. The van der Waals surface area contributed by atoms with E-state index in [1.54, 1.807) is 18.3 Å². The van der Waals surface area contributed by atoms with E-state index in [1.807, 2.05) is 31.2 Å². The Hall–Kier alpha value is -2.82. The average molecular weight is 266 g/mol. The molecule has 3 rings (SSSR count). The van der Waals surface area contributed by atoms with Crippen LogP contribution in [0.3, 0.4) is 0 Å². The minimum absolute atomic E-state index is 0.214. The number of anilines is 2. The molecular weight excluding hydrogens is 252 g/mol. The first kappa shape index (κ1) is 12.2. The Morgan fingerprint density at radius 2 is 2.10 bits per heavy atom. The van der Waals surface area contributed by atoms with Crippen LogP contribution in [0.25, 0.3) is 10.9 Å². The van der Waals surface area contributed by atoms with E-state index in [2.05, 4.69) is 15.5 Å². The third-order valence-electron chi connectivity index (χ3n) is 3.15. The summed E-state index contributed by atoms with van der Waals surface area (Å²) in [4.78, 5) is 12.2. The molecule has 0 saturated carbocycles. The van der Waals surface area contributed by atoms with Crippen LogP contribution in [0.5, 0.6) is 0 Å². The van der Waals surface area contributed by atoms with E-state index in [0.29, 0.717) is 16.9 Å². The van der Waals surface area contributed by atoms with Gasteiger partial charge in [0.25, 0.3) is 5.91 Å². The molecule has 0 bridgehead atoms. The van der Waals surface area contributed by atoms with Gasteiger partial charge in [-0.1, -0.05) is 11.6 Å². The molecule has 2 aromatic carbocycles. The predicted octanol–water partition coefficient (Wildman–Crippen LogP) is 2.71. The van der Waals surface area contributed by atoms with E-state index >= 15 is 0 Å². The van der Waals surface area contributed by atoms with Crippen molar-refractivity contribution in [1.82, 2.24) is 10.2 Å². The summed E-state index contributed by atoms with van der Waals surface area (Å²) in [6.45, 7) is 1.92. The zero-order chi connectivity index (χ0) is 14.1. The number of carbonyl (C=O) groups is 1. The standard InChI is InChI=1S/C15H14N4O/c1-9-2-4-13(16)12(6-9)15(20)18-11-3-5-14-10(7-11)8-17-19-14/h2-8H,16H2,1H3,(H,17,19)(H,18,20). The number of aromatic nitrogens is 2. The SMILES string of the molecule is Cc1ccc(N)c(C(=O)Nc2ccc3[nH]ncc3c2)c1. The molecule has 0 radical (unpaired) electrons. The normalized spacial score (nSPS) is 10.7. The third kappa shape index (κ3) is 2.21. The molecule has 0 saturated heterocycles. The highest BCUT2D eigenvalue weighted by molar-refractivity contribution is 6.08. The second kappa shape index (κ2) is 4.70. The Morgan fingerprint density at radius 3 is 2.95 bits per heavy atom. The molecule has 4 N–H and O–H groups in total. The van der Waals surface area contributed by atoms with Gasteiger partial charge in [0.05, 0.1) is 17.3 Å². The summed E-state index contributed by atoms with van der Waals surface area (Å²) in [5.41, 5.74) is 9.43. The van der Waals surface area contributed by atoms with Crippen LogP contribution in [0.1, 0.15) is 15.9 Å². The van der Waals surface area contributed by atoms with Gasteiger partial charge in [0, 0.05) is 16.8 Å². The summed E-state index contributed by atoms with van der Waals surface area (Å²) in [5, 5.41) is 10.6. The monoisotopic (exact) mass is 266 g/mol. The van der Waals surface area contributed by atoms with Gasteiger partial charge in [0.15, 0.2) is 0 Å². The summed E-state index contributed by atoms with van der Waals surface area (Å²) in [5.74, 6) is -0.214. The van der Waals surface area contributed by atoms with Crippen LogP contribution >= 0.6 is 0 Å². The van der Waals surface area contributed by atoms with Gasteiger partial charge in [-0.3, -0.25) is 9.89 Å². The van der Waals surface area contributed by atoms with Crippen molar-refractivity contribution in [2.45, 2.75) is 6.92 Å². The minimum atomic E-state index is -0.214. The number of H-pyrrole nitrogens is 1.